The summed E-state index contributed by atoms with van der Waals surface area (Å²) in [5.74, 6) is -0.409. The molecule has 1 aromatic heterocycles. The van der Waals surface area contributed by atoms with Gasteiger partial charge in [0.05, 0.1) is 24.3 Å². The van der Waals surface area contributed by atoms with E-state index in [-0.39, 0.29) is 13.0 Å². The van der Waals surface area contributed by atoms with Gasteiger partial charge in [0.15, 0.2) is 0 Å². The number of rotatable bonds is 11. The molecule has 0 unspecified atom stereocenters. The molecule has 0 amide bonds. The number of hydrogen-bond donors (Lipinski definition) is 3. The Kier molecular flexibility index (Phi) is 8.21. The van der Waals surface area contributed by atoms with E-state index >= 15 is 0 Å². The minimum absolute atomic E-state index is 0.191. The number of carbonyl (C=O) groups is 1. The van der Waals surface area contributed by atoms with Crippen molar-refractivity contribution in [3.8, 4) is 5.69 Å². The van der Waals surface area contributed by atoms with Crippen LogP contribution in [0.3, 0.4) is 0 Å². The van der Waals surface area contributed by atoms with Gasteiger partial charge in [-0.3, -0.25) is 4.79 Å². The maximum absolute atomic E-state index is 12.3. The number of aromatic nitrogens is 1. The highest BCUT2D eigenvalue weighted by molar-refractivity contribution is 5.87. The van der Waals surface area contributed by atoms with Crippen LogP contribution in [-0.2, 0) is 28.8 Å². The Morgan fingerprint density at radius 2 is 1.64 bits per heavy atom. The van der Waals surface area contributed by atoms with Crippen LogP contribution in [-0.4, -0.2) is 46.1 Å². The van der Waals surface area contributed by atoms with Crippen LogP contribution in [0.1, 0.15) is 28.7 Å². The summed E-state index contributed by atoms with van der Waals surface area (Å²) >= 11 is 0. The van der Waals surface area contributed by atoms with Crippen LogP contribution in [0, 0.1) is 6.92 Å². The van der Waals surface area contributed by atoms with Crippen molar-refractivity contribution in [1.29, 1.82) is 0 Å². The molecule has 0 aliphatic carbocycles. The van der Waals surface area contributed by atoms with Gasteiger partial charge >= 0.3 is 5.97 Å². The van der Waals surface area contributed by atoms with E-state index in [2.05, 4.69) is 78.4 Å². The highest BCUT2D eigenvalue weighted by Crippen LogP contribution is 2.29. The molecule has 36 heavy (non-hydrogen) atoms. The summed E-state index contributed by atoms with van der Waals surface area (Å²) in [5.41, 5.74) is 11.6. The predicted octanol–water partition coefficient (Wildman–Crippen LogP) is 3.88. The third-order valence-corrected chi connectivity index (χ3v) is 6.62. The normalized spacial score (nSPS) is 11.7. The fraction of sp³-hybridized carbons (Fsp3) is 0.300. The first-order chi connectivity index (χ1) is 17.4. The van der Waals surface area contributed by atoms with E-state index in [4.69, 9.17) is 10.5 Å². The third-order valence-electron chi connectivity index (χ3n) is 6.62. The standard InChI is InChI=1S/C30H34N2O4/c1-22-7-5-6-10-27(22)32-18-25(14-11-23-8-3-2-4-9-23)26-17-24(12-15-28(26)32)13-16-29(35)36-21-30(31,19-33)20-34/h2-10,12,15,17-18,33-34H,11,13-14,16,19-21,31H2,1H3. The molecule has 0 aliphatic heterocycles. The molecular formula is C30H34N2O4. The minimum atomic E-state index is -1.32. The van der Waals surface area contributed by atoms with Crippen molar-refractivity contribution in [2.45, 2.75) is 38.1 Å². The molecule has 0 saturated heterocycles. The summed E-state index contributed by atoms with van der Waals surface area (Å²) in [6.07, 6.45) is 4.81. The van der Waals surface area contributed by atoms with E-state index in [0.717, 1.165) is 29.6 Å². The molecule has 0 radical (unpaired) electrons. The first kappa shape index (κ1) is 25.6. The highest BCUT2D eigenvalue weighted by atomic mass is 16.5. The van der Waals surface area contributed by atoms with Crippen molar-refractivity contribution < 1.29 is 19.7 Å². The zero-order chi connectivity index (χ0) is 25.5. The van der Waals surface area contributed by atoms with Gasteiger partial charge in [0.1, 0.15) is 6.61 Å². The monoisotopic (exact) mass is 486 g/mol. The fourth-order valence-corrected chi connectivity index (χ4v) is 4.34. The number of aryl methyl sites for hydroxylation is 4. The summed E-state index contributed by atoms with van der Waals surface area (Å²) in [5, 5.41) is 19.7. The van der Waals surface area contributed by atoms with Gasteiger partial charge in [-0.2, -0.15) is 0 Å². The molecule has 4 aromatic rings. The summed E-state index contributed by atoms with van der Waals surface area (Å²) in [4.78, 5) is 12.3. The quantitative estimate of drug-likeness (QED) is 0.280. The number of hydrogen-bond acceptors (Lipinski definition) is 5. The van der Waals surface area contributed by atoms with E-state index in [9.17, 15) is 15.0 Å². The molecule has 3 aromatic carbocycles. The summed E-state index contributed by atoms with van der Waals surface area (Å²) in [6, 6.07) is 25.2. The summed E-state index contributed by atoms with van der Waals surface area (Å²) in [6.45, 7) is 0.976. The fourth-order valence-electron chi connectivity index (χ4n) is 4.34. The maximum atomic E-state index is 12.3. The molecule has 0 atom stereocenters. The van der Waals surface area contributed by atoms with Crippen LogP contribution in [0.4, 0.5) is 0 Å². The molecule has 6 heteroatoms. The van der Waals surface area contributed by atoms with E-state index in [1.54, 1.807) is 0 Å². The van der Waals surface area contributed by atoms with E-state index < -0.39 is 24.7 Å². The lowest BCUT2D eigenvalue weighted by Gasteiger charge is -2.23. The van der Waals surface area contributed by atoms with Gasteiger partial charge in [-0.1, -0.05) is 54.6 Å². The number of carbonyl (C=O) groups excluding carboxylic acids is 1. The number of nitrogens with zero attached hydrogens (tertiary/aromatic N) is 1. The second kappa shape index (κ2) is 11.5. The number of para-hydroxylation sites is 1. The first-order valence-electron chi connectivity index (χ1n) is 12.3. The van der Waals surface area contributed by atoms with Gasteiger partial charge in [-0.25, -0.2) is 0 Å². The largest absolute Gasteiger partial charge is 0.464 e. The Balaban J connectivity index is 1.56. The van der Waals surface area contributed by atoms with E-state index in [1.807, 2.05) is 12.1 Å². The first-order valence-corrected chi connectivity index (χ1v) is 12.3. The van der Waals surface area contributed by atoms with Gasteiger partial charge < -0.3 is 25.3 Å². The van der Waals surface area contributed by atoms with Gasteiger partial charge in [0, 0.05) is 23.7 Å². The van der Waals surface area contributed by atoms with Gasteiger partial charge in [-0.05, 0) is 66.6 Å². The number of aliphatic hydroxyl groups is 2. The van der Waals surface area contributed by atoms with Crippen LogP contribution in [0.5, 0.6) is 0 Å². The molecule has 1 heterocycles. The Hall–Kier alpha value is -3.45. The van der Waals surface area contributed by atoms with Gasteiger partial charge in [0.2, 0.25) is 0 Å². The van der Waals surface area contributed by atoms with Crippen molar-refractivity contribution in [3.05, 3.63) is 101 Å². The maximum Gasteiger partial charge on any atom is 0.306 e. The smallest absolute Gasteiger partial charge is 0.306 e. The molecule has 6 nitrogen and oxygen atoms in total. The molecule has 188 valence electrons. The number of benzene rings is 3. The van der Waals surface area contributed by atoms with E-state index in [1.165, 1.54) is 22.1 Å². The molecule has 4 N–H and O–H groups in total. The average Bonchev–Trinajstić information content (AvgIpc) is 3.27. The van der Waals surface area contributed by atoms with Crippen LogP contribution in [0.15, 0.2) is 79.0 Å². The summed E-state index contributed by atoms with van der Waals surface area (Å²) in [7, 11) is 0. The van der Waals surface area contributed by atoms with Crippen molar-refractivity contribution in [2.75, 3.05) is 19.8 Å². The molecule has 0 bridgehead atoms. The Bertz CT molecular complexity index is 1310. The topological polar surface area (TPSA) is 97.7 Å². The van der Waals surface area contributed by atoms with Crippen molar-refractivity contribution in [3.63, 3.8) is 0 Å². The average molecular weight is 487 g/mol. The second-order valence-electron chi connectivity index (χ2n) is 9.49. The summed E-state index contributed by atoms with van der Waals surface area (Å²) < 4.78 is 7.45. The number of fused-ring (bicyclic) bond motifs is 1. The number of ether oxygens (including phenoxy) is 1. The van der Waals surface area contributed by atoms with Crippen LogP contribution >= 0.6 is 0 Å². The lowest BCUT2D eigenvalue weighted by atomic mass is 10.0. The van der Waals surface area contributed by atoms with Gasteiger partial charge in [-0.15, -0.1) is 0 Å². The molecule has 0 spiro atoms. The Morgan fingerprint density at radius 3 is 2.36 bits per heavy atom. The lowest BCUT2D eigenvalue weighted by molar-refractivity contribution is -0.146. The molecule has 0 saturated carbocycles. The van der Waals surface area contributed by atoms with E-state index in [0.29, 0.717) is 6.42 Å². The zero-order valence-electron chi connectivity index (χ0n) is 20.7. The lowest BCUT2D eigenvalue weighted by Crippen LogP contribution is -2.51. The molecule has 4 rings (SSSR count). The molecule has 0 aliphatic rings. The van der Waals surface area contributed by atoms with Crippen LogP contribution in [0.25, 0.3) is 16.6 Å². The Labute approximate surface area is 211 Å². The third kappa shape index (κ3) is 6.02. The molecular weight excluding hydrogens is 452 g/mol. The second-order valence-corrected chi connectivity index (χ2v) is 9.49. The number of nitrogens with two attached hydrogens (primary N) is 1. The van der Waals surface area contributed by atoms with Gasteiger partial charge in [0.25, 0.3) is 0 Å². The van der Waals surface area contributed by atoms with Crippen molar-refractivity contribution in [1.82, 2.24) is 4.57 Å². The Morgan fingerprint density at radius 1 is 0.917 bits per heavy atom. The molecule has 0 fully saturated rings. The SMILES string of the molecule is Cc1ccccc1-n1cc(CCc2ccccc2)c2cc(CCC(=O)OCC(N)(CO)CO)ccc21. The minimum Gasteiger partial charge on any atom is -0.464 e. The zero-order valence-corrected chi connectivity index (χ0v) is 20.7. The highest BCUT2D eigenvalue weighted by Gasteiger charge is 2.25. The van der Waals surface area contributed by atoms with Crippen molar-refractivity contribution >= 4 is 16.9 Å². The van der Waals surface area contributed by atoms with Crippen LogP contribution in [0.2, 0.25) is 0 Å². The number of aliphatic hydroxyl groups excluding tert-OH is 2. The number of esters is 1. The van der Waals surface area contributed by atoms with Crippen LogP contribution < -0.4 is 5.73 Å². The van der Waals surface area contributed by atoms with Crippen molar-refractivity contribution in [2.24, 2.45) is 5.73 Å². The predicted molar refractivity (Wildman–Crippen MR) is 142 cm³/mol.